The van der Waals surface area contributed by atoms with Crippen molar-refractivity contribution in [1.82, 2.24) is 10.2 Å². The lowest BCUT2D eigenvalue weighted by molar-refractivity contribution is 0.268. The Balaban J connectivity index is 2.11. The standard InChI is InChI=1S/C15H23FN2O2S/c1-11(2)18(3)8-7-17-14-6-9-21(19,20)15-5-4-12(16)10-13(14)15/h4-5,10-11,14,17H,6-9H2,1-3H3. The first-order chi connectivity index (χ1) is 9.81. The van der Waals surface area contributed by atoms with Crippen molar-refractivity contribution in [2.75, 3.05) is 25.9 Å². The molecule has 1 aliphatic heterocycles. The lowest BCUT2D eigenvalue weighted by Gasteiger charge is -2.28. The van der Waals surface area contributed by atoms with E-state index in [4.69, 9.17) is 0 Å². The van der Waals surface area contributed by atoms with E-state index >= 15 is 0 Å². The van der Waals surface area contributed by atoms with Gasteiger partial charge in [0.2, 0.25) is 0 Å². The molecule has 0 spiro atoms. The molecule has 0 amide bonds. The molecule has 1 aromatic carbocycles. The second kappa shape index (κ2) is 6.42. The number of halogens is 1. The van der Waals surface area contributed by atoms with Crippen LogP contribution in [0.25, 0.3) is 0 Å². The van der Waals surface area contributed by atoms with Crippen LogP contribution in [0.1, 0.15) is 31.9 Å². The number of sulfone groups is 1. The van der Waals surface area contributed by atoms with Gasteiger partial charge in [-0.1, -0.05) is 0 Å². The molecule has 1 aromatic rings. The van der Waals surface area contributed by atoms with Gasteiger partial charge in [0.25, 0.3) is 0 Å². The number of likely N-dealkylation sites (N-methyl/N-ethyl adjacent to an activating group) is 1. The summed E-state index contributed by atoms with van der Waals surface area (Å²) in [5.74, 6) is -0.277. The first kappa shape index (κ1) is 16.4. The summed E-state index contributed by atoms with van der Waals surface area (Å²) in [6, 6.07) is 4.30. The van der Waals surface area contributed by atoms with Gasteiger partial charge in [-0.15, -0.1) is 0 Å². The molecule has 2 rings (SSSR count). The zero-order chi connectivity index (χ0) is 15.6. The van der Waals surface area contributed by atoms with Crippen molar-refractivity contribution in [2.45, 2.75) is 37.2 Å². The zero-order valence-electron chi connectivity index (χ0n) is 12.8. The van der Waals surface area contributed by atoms with Gasteiger partial charge in [-0.2, -0.15) is 0 Å². The van der Waals surface area contributed by atoms with E-state index in [2.05, 4.69) is 24.1 Å². The third-order valence-electron chi connectivity index (χ3n) is 4.09. The predicted octanol–water partition coefficient (Wildman–Crippen LogP) is 1.97. The number of nitrogens with zero attached hydrogens (tertiary/aromatic N) is 1. The summed E-state index contributed by atoms with van der Waals surface area (Å²) in [6.45, 7) is 5.86. The Morgan fingerprint density at radius 1 is 1.43 bits per heavy atom. The summed E-state index contributed by atoms with van der Waals surface area (Å²) < 4.78 is 37.5. The molecule has 1 N–H and O–H groups in total. The van der Waals surface area contributed by atoms with Gasteiger partial charge >= 0.3 is 0 Å². The minimum Gasteiger partial charge on any atom is -0.309 e. The van der Waals surface area contributed by atoms with Crippen LogP contribution >= 0.6 is 0 Å². The maximum Gasteiger partial charge on any atom is 0.178 e. The molecule has 6 heteroatoms. The van der Waals surface area contributed by atoms with Crippen molar-refractivity contribution < 1.29 is 12.8 Å². The highest BCUT2D eigenvalue weighted by atomic mass is 32.2. The van der Waals surface area contributed by atoms with Crippen LogP contribution in [0.2, 0.25) is 0 Å². The Kier molecular flexibility index (Phi) is 5.01. The highest BCUT2D eigenvalue weighted by Crippen LogP contribution is 2.32. The Morgan fingerprint density at radius 2 is 2.14 bits per heavy atom. The first-order valence-corrected chi connectivity index (χ1v) is 8.92. The molecule has 1 atom stereocenters. The Bertz CT molecular complexity index is 602. The normalized spacial score (nSPS) is 20.8. The van der Waals surface area contributed by atoms with Crippen LogP contribution in [-0.2, 0) is 9.84 Å². The number of hydrogen-bond donors (Lipinski definition) is 1. The Hall–Kier alpha value is -0.980. The highest BCUT2D eigenvalue weighted by molar-refractivity contribution is 7.91. The van der Waals surface area contributed by atoms with Crippen LogP contribution in [0.3, 0.4) is 0 Å². The predicted molar refractivity (Wildman–Crippen MR) is 81.6 cm³/mol. The number of nitrogens with one attached hydrogen (secondary N) is 1. The van der Waals surface area contributed by atoms with E-state index in [0.29, 0.717) is 18.0 Å². The van der Waals surface area contributed by atoms with E-state index < -0.39 is 15.7 Å². The molecule has 1 unspecified atom stereocenters. The number of rotatable bonds is 5. The lowest BCUT2D eigenvalue weighted by Crippen LogP contribution is -2.37. The van der Waals surface area contributed by atoms with Crippen molar-refractivity contribution in [3.05, 3.63) is 29.6 Å². The first-order valence-electron chi connectivity index (χ1n) is 7.27. The number of fused-ring (bicyclic) bond motifs is 1. The Morgan fingerprint density at radius 3 is 2.81 bits per heavy atom. The van der Waals surface area contributed by atoms with Crippen molar-refractivity contribution in [2.24, 2.45) is 0 Å². The summed E-state index contributed by atoms with van der Waals surface area (Å²) in [5.41, 5.74) is 0.563. The molecular weight excluding hydrogens is 291 g/mol. The van der Waals surface area contributed by atoms with Gasteiger partial charge in [-0.25, -0.2) is 12.8 Å². The molecule has 118 valence electrons. The van der Waals surface area contributed by atoms with Gasteiger partial charge in [0.05, 0.1) is 10.6 Å². The topological polar surface area (TPSA) is 49.4 Å². The molecule has 0 radical (unpaired) electrons. The monoisotopic (exact) mass is 314 g/mol. The number of hydrogen-bond acceptors (Lipinski definition) is 4. The summed E-state index contributed by atoms with van der Waals surface area (Å²) in [7, 11) is -1.22. The van der Waals surface area contributed by atoms with Crippen LogP contribution in [0.15, 0.2) is 23.1 Å². The molecule has 0 aromatic heterocycles. The van der Waals surface area contributed by atoms with Gasteiger partial charge in [-0.3, -0.25) is 0 Å². The van der Waals surface area contributed by atoms with E-state index in [1.54, 1.807) is 0 Å². The molecule has 1 aliphatic rings. The summed E-state index contributed by atoms with van der Waals surface area (Å²) in [5, 5.41) is 3.36. The number of benzene rings is 1. The van der Waals surface area contributed by atoms with E-state index in [1.165, 1.54) is 18.2 Å². The summed E-state index contributed by atoms with van der Waals surface area (Å²) in [6.07, 6.45) is 0.490. The summed E-state index contributed by atoms with van der Waals surface area (Å²) in [4.78, 5) is 2.48. The molecule has 0 bridgehead atoms. The van der Waals surface area contributed by atoms with Crippen molar-refractivity contribution in [3.8, 4) is 0 Å². The van der Waals surface area contributed by atoms with Gasteiger partial charge in [0.15, 0.2) is 9.84 Å². The molecule has 0 saturated heterocycles. The molecular formula is C15H23FN2O2S. The smallest absolute Gasteiger partial charge is 0.178 e. The molecule has 4 nitrogen and oxygen atoms in total. The summed E-state index contributed by atoms with van der Waals surface area (Å²) >= 11 is 0. The van der Waals surface area contributed by atoms with Crippen LogP contribution in [0.4, 0.5) is 4.39 Å². The van der Waals surface area contributed by atoms with Gasteiger partial charge < -0.3 is 10.2 Å². The van der Waals surface area contributed by atoms with Gasteiger partial charge in [0.1, 0.15) is 5.82 Å². The fourth-order valence-electron chi connectivity index (χ4n) is 2.50. The maximum absolute atomic E-state index is 13.4. The molecule has 0 aliphatic carbocycles. The zero-order valence-corrected chi connectivity index (χ0v) is 13.6. The SMILES string of the molecule is CC(C)N(C)CCNC1CCS(=O)(=O)c2ccc(F)cc21. The second-order valence-electron chi connectivity index (χ2n) is 5.87. The maximum atomic E-state index is 13.4. The molecule has 1 heterocycles. The van der Waals surface area contributed by atoms with E-state index in [1.807, 2.05) is 7.05 Å². The minimum absolute atomic E-state index is 0.0974. The van der Waals surface area contributed by atoms with E-state index in [0.717, 1.165) is 13.1 Å². The van der Waals surface area contributed by atoms with Crippen LogP contribution < -0.4 is 5.32 Å². The quantitative estimate of drug-likeness (QED) is 0.844. The van der Waals surface area contributed by atoms with Gasteiger partial charge in [0, 0.05) is 25.2 Å². The molecule has 0 saturated carbocycles. The van der Waals surface area contributed by atoms with E-state index in [9.17, 15) is 12.8 Å². The lowest BCUT2D eigenvalue weighted by atomic mass is 10.0. The third-order valence-corrected chi connectivity index (χ3v) is 5.91. The Labute approximate surface area is 126 Å². The second-order valence-corrected chi connectivity index (χ2v) is 7.95. The third kappa shape index (κ3) is 3.81. The average Bonchev–Trinajstić information content (AvgIpc) is 2.40. The van der Waals surface area contributed by atoms with Crippen molar-refractivity contribution in [3.63, 3.8) is 0 Å². The van der Waals surface area contributed by atoms with Crippen LogP contribution in [0, 0.1) is 5.82 Å². The van der Waals surface area contributed by atoms with Crippen LogP contribution in [-0.4, -0.2) is 45.2 Å². The average molecular weight is 314 g/mol. The molecule has 0 fully saturated rings. The van der Waals surface area contributed by atoms with Crippen molar-refractivity contribution >= 4 is 9.84 Å². The van der Waals surface area contributed by atoms with Gasteiger partial charge in [-0.05, 0) is 51.1 Å². The fraction of sp³-hybridized carbons (Fsp3) is 0.600. The van der Waals surface area contributed by atoms with Crippen molar-refractivity contribution in [1.29, 1.82) is 0 Å². The minimum atomic E-state index is -3.26. The highest BCUT2D eigenvalue weighted by Gasteiger charge is 2.30. The van der Waals surface area contributed by atoms with Crippen LogP contribution in [0.5, 0.6) is 0 Å². The largest absolute Gasteiger partial charge is 0.309 e. The fourth-order valence-corrected chi connectivity index (χ4v) is 4.10. The molecule has 21 heavy (non-hydrogen) atoms. The van der Waals surface area contributed by atoms with E-state index in [-0.39, 0.29) is 16.7 Å².